The van der Waals surface area contributed by atoms with Crippen LogP contribution >= 0.6 is 0 Å². The van der Waals surface area contributed by atoms with E-state index < -0.39 is 0 Å². The summed E-state index contributed by atoms with van der Waals surface area (Å²) in [6, 6.07) is 8.30. The van der Waals surface area contributed by atoms with E-state index in [0.717, 1.165) is 25.2 Å². The maximum absolute atomic E-state index is 11.8. The zero-order chi connectivity index (χ0) is 13.5. The Morgan fingerprint density at radius 2 is 1.84 bits per heavy atom. The van der Waals surface area contributed by atoms with Gasteiger partial charge < -0.3 is 10.2 Å². The number of nitrogens with zero attached hydrogens (tertiary/aromatic N) is 1. The maximum Gasteiger partial charge on any atom is 0.221 e. The van der Waals surface area contributed by atoms with Crippen molar-refractivity contribution in [1.29, 1.82) is 0 Å². The summed E-state index contributed by atoms with van der Waals surface area (Å²) >= 11 is 0. The lowest BCUT2D eigenvalue weighted by Crippen LogP contribution is -2.34. The van der Waals surface area contributed by atoms with Crippen molar-refractivity contribution in [2.75, 3.05) is 19.6 Å². The molecule has 0 aliphatic carbocycles. The van der Waals surface area contributed by atoms with Crippen LogP contribution in [0.4, 0.5) is 0 Å². The third-order valence-corrected chi connectivity index (χ3v) is 3.71. The van der Waals surface area contributed by atoms with E-state index in [1.54, 1.807) is 0 Å². The summed E-state index contributed by atoms with van der Waals surface area (Å²) < 4.78 is 0. The minimum Gasteiger partial charge on any atom is -0.352 e. The molecule has 3 nitrogen and oxygen atoms in total. The topological polar surface area (TPSA) is 32.3 Å². The number of hydrogen-bond acceptors (Lipinski definition) is 2. The minimum absolute atomic E-state index is 0.158. The number of likely N-dealkylation sites (tertiary alicyclic amines) is 1. The smallest absolute Gasteiger partial charge is 0.221 e. The Morgan fingerprint density at radius 3 is 2.53 bits per heavy atom. The van der Waals surface area contributed by atoms with Crippen LogP contribution in [0.15, 0.2) is 24.3 Å². The summed E-state index contributed by atoms with van der Waals surface area (Å²) in [5, 5.41) is 2.99. The van der Waals surface area contributed by atoms with Gasteiger partial charge in [0, 0.05) is 19.5 Å². The highest BCUT2D eigenvalue weighted by atomic mass is 16.1. The Morgan fingerprint density at radius 1 is 1.16 bits per heavy atom. The number of rotatable bonds is 5. The Balaban J connectivity index is 1.65. The molecule has 1 N–H and O–H groups in total. The molecule has 0 atom stereocenters. The van der Waals surface area contributed by atoms with Gasteiger partial charge in [0.15, 0.2) is 0 Å². The van der Waals surface area contributed by atoms with Crippen LogP contribution in [0.5, 0.6) is 0 Å². The number of carbonyl (C=O) groups is 1. The molecule has 104 valence electrons. The van der Waals surface area contributed by atoms with Crippen molar-refractivity contribution >= 4 is 5.91 Å². The van der Waals surface area contributed by atoms with Gasteiger partial charge in [-0.25, -0.2) is 0 Å². The molecule has 0 saturated carbocycles. The number of hydrogen-bond donors (Lipinski definition) is 1. The Bertz CT molecular complexity index is 394. The summed E-state index contributed by atoms with van der Waals surface area (Å²) in [5.41, 5.74) is 2.41. The van der Waals surface area contributed by atoms with Crippen LogP contribution in [0, 0.1) is 6.92 Å². The molecule has 1 heterocycles. The van der Waals surface area contributed by atoms with Crippen molar-refractivity contribution in [2.24, 2.45) is 0 Å². The lowest BCUT2D eigenvalue weighted by molar-refractivity contribution is -0.121. The summed E-state index contributed by atoms with van der Waals surface area (Å²) in [5.74, 6) is 0.158. The summed E-state index contributed by atoms with van der Waals surface area (Å²) in [4.78, 5) is 14.2. The second-order valence-electron chi connectivity index (χ2n) is 5.41. The molecule has 3 heteroatoms. The average Bonchev–Trinajstić information content (AvgIpc) is 2.45. The largest absolute Gasteiger partial charge is 0.352 e. The lowest BCUT2D eigenvalue weighted by Gasteiger charge is -2.25. The number of piperidine rings is 1. The zero-order valence-electron chi connectivity index (χ0n) is 11.8. The molecule has 2 rings (SSSR count). The van der Waals surface area contributed by atoms with E-state index >= 15 is 0 Å². The molecule has 1 aliphatic heterocycles. The second-order valence-corrected chi connectivity index (χ2v) is 5.41. The zero-order valence-corrected chi connectivity index (χ0v) is 11.8. The molecule has 0 bridgehead atoms. The van der Waals surface area contributed by atoms with E-state index in [4.69, 9.17) is 0 Å². The first-order valence-corrected chi connectivity index (χ1v) is 7.28. The molecule has 1 aromatic carbocycles. The second kappa shape index (κ2) is 7.29. The Kier molecular flexibility index (Phi) is 5.40. The first kappa shape index (κ1) is 14.1. The Labute approximate surface area is 116 Å². The molecule has 0 radical (unpaired) electrons. The summed E-state index contributed by atoms with van der Waals surface area (Å²) in [6.07, 6.45) is 4.53. The van der Waals surface area contributed by atoms with Crippen molar-refractivity contribution in [1.82, 2.24) is 10.2 Å². The molecule has 0 aromatic heterocycles. The molecular weight excluding hydrogens is 236 g/mol. The van der Waals surface area contributed by atoms with Gasteiger partial charge in [-0.1, -0.05) is 36.2 Å². The van der Waals surface area contributed by atoms with Gasteiger partial charge in [0.25, 0.3) is 0 Å². The van der Waals surface area contributed by atoms with Gasteiger partial charge in [-0.05, 0) is 38.4 Å². The number of benzene rings is 1. The highest BCUT2D eigenvalue weighted by Crippen LogP contribution is 2.08. The molecule has 1 amide bonds. The fourth-order valence-corrected chi connectivity index (χ4v) is 2.44. The van der Waals surface area contributed by atoms with Gasteiger partial charge in [0.05, 0.1) is 0 Å². The van der Waals surface area contributed by atoms with Crippen LogP contribution < -0.4 is 5.32 Å². The van der Waals surface area contributed by atoms with E-state index in [1.807, 2.05) is 0 Å². The average molecular weight is 260 g/mol. The minimum atomic E-state index is 0.158. The van der Waals surface area contributed by atoms with Crippen LogP contribution in [-0.2, 0) is 11.3 Å². The van der Waals surface area contributed by atoms with Gasteiger partial charge in [-0.3, -0.25) is 4.79 Å². The monoisotopic (exact) mass is 260 g/mol. The predicted molar refractivity (Wildman–Crippen MR) is 77.9 cm³/mol. The first-order chi connectivity index (χ1) is 9.24. The van der Waals surface area contributed by atoms with E-state index in [2.05, 4.69) is 41.4 Å². The molecule has 19 heavy (non-hydrogen) atoms. The number of aryl methyl sites for hydroxylation is 1. The van der Waals surface area contributed by atoms with Gasteiger partial charge in [-0.2, -0.15) is 0 Å². The molecule has 1 aliphatic rings. The van der Waals surface area contributed by atoms with Crippen LogP contribution in [0.25, 0.3) is 0 Å². The summed E-state index contributed by atoms with van der Waals surface area (Å²) in [7, 11) is 0. The summed E-state index contributed by atoms with van der Waals surface area (Å²) in [6.45, 7) is 5.93. The molecular formula is C16H24N2O. The molecule has 0 spiro atoms. The van der Waals surface area contributed by atoms with Gasteiger partial charge in [0.1, 0.15) is 0 Å². The normalized spacial score (nSPS) is 16.3. The van der Waals surface area contributed by atoms with Gasteiger partial charge in [-0.15, -0.1) is 0 Å². The predicted octanol–water partition coefficient (Wildman–Crippen LogP) is 2.49. The van der Waals surface area contributed by atoms with Crippen molar-refractivity contribution < 1.29 is 4.79 Å². The van der Waals surface area contributed by atoms with E-state index in [1.165, 1.54) is 24.8 Å². The molecule has 1 fully saturated rings. The first-order valence-electron chi connectivity index (χ1n) is 7.28. The van der Waals surface area contributed by atoms with E-state index in [-0.39, 0.29) is 5.91 Å². The third-order valence-electron chi connectivity index (χ3n) is 3.71. The number of amides is 1. The third kappa shape index (κ3) is 5.03. The standard InChI is InChI=1S/C16H24N2O/c1-14-5-7-15(8-6-14)13-17-16(19)9-12-18-10-3-2-4-11-18/h5-8H,2-4,9-13H2,1H3,(H,17,19). The van der Waals surface area contributed by atoms with Crippen LogP contribution in [0.1, 0.15) is 36.8 Å². The number of nitrogens with one attached hydrogen (secondary N) is 1. The lowest BCUT2D eigenvalue weighted by atomic mass is 10.1. The molecule has 1 saturated heterocycles. The Hall–Kier alpha value is -1.35. The highest BCUT2D eigenvalue weighted by Gasteiger charge is 2.11. The number of carbonyl (C=O) groups excluding carboxylic acids is 1. The fourth-order valence-electron chi connectivity index (χ4n) is 2.44. The SMILES string of the molecule is Cc1ccc(CNC(=O)CCN2CCCCC2)cc1. The van der Waals surface area contributed by atoms with Crippen molar-refractivity contribution in [3.05, 3.63) is 35.4 Å². The van der Waals surface area contributed by atoms with Crippen LogP contribution in [-0.4, -0.2) is 30.4 Å². The molecule has 0 unspecified atom stereocenters. The van der Waals surface area contributed by atoms with Crippen molar-refractivity contribution in [3.8, 4) is 0 Å². The van der Waals surface area contributed by atoms with Crippen molar-refractivity contribution in [2.45, 2.75) is 39.2 Å². The van der Waals surface area contributed by atoms with Gasteiger partial charge in [0.2, 0.25) is 5.91 Å². The van der Waals surface area contributed by atoms with Crippen LogP contribution in [0.3, 0.4) is 0 Å². The van der Waals surface area contributed by atoms with E-state index in [9.17, 15) is 4.79 Å². The van der Waals surface area contributed by atoms with E-state index in [0.29, 0.717) is 13.0 Å². The van der Waals surface area contributed by atoms with Gasteiger partial charge >= 0.3 is 0 Å². The molecule has 1 aromatic rings. The highest BCUT2D eigenvalue weighted by molar-refractivity contribution is 5.76. The fraction of sp³-hybridized carbons (Fsp3) is 0.562. The quantitative estimate of drug-likeness (QED) is 0.882. The van der Waals surface area contributed by atoms with Crippen LogP contribution in [0.2, 0.25) is 0 Å². The maximum atomic E-state index is 11.8. The van der Waals surface area contributed by atoms with Crippen molar-refractivity contribution in [3.63, 3.8) is 0 Å².